The number of aromatic nitrogens is 3. The van der Waals surface area contributed by atoms with Crippen LogP contribution in [0.25, 0.3) is 28.0 Å². The van der Waals surface area contributed by atoms with E-state index in [0.29, 0.717) is 46.8 Å². The zero-order chi connectivity index (χ0) is 35.5. The van der Waals surface area contributed by atoms with Gasteiger partial charge in [-0.3, -0.25) is 0 Å². The Bertz CT molecular complexity index is 1770. The molecule has 9 nitrogen and oxygen atoms in total. The highest BCUT2D eigenvalue weighted by Crippen LogP contribution is 2.40. The Kier molecular flexibility index (Phi) is 11.0. The molecule has 2 aromatic heterocycles. The predicted octanol–water partition coefficient (Wildman–Crippen LogP) is 8.51. The van der Waals surface area contributed by atoms with Crippen molar-refractivity contribution in [1.82, 2.24) is 14.6 Å². The van der Waals surface area contributed by atoms with Crippen molar-refractivity contribution in [2.45, 2.75) is 104 Å². The minimum Gasteiger partial charge on any atom is -0.507 e. The summed E-state index contributed by atoms with van der Waals surface area (Å²) in [6, 6.07) is 12.1. The molecule has 0 spiro atoms. The molecule has 0 radical (unpaired) electrons. The number of fused-ring (bicyclic) bond motifs is 1. The first kappa shape index (κ1) is 36.3. The van der Waals surface area contributed by atoms with Gasteiger partial charge in [-0.25, -0.2) is 14.2 Å². The van der Waals surface area contributed by atoms with Crippen LogP contribution < -0.4 is 4.90 Å². The van der Waals surface area contributed by atoms with Gasteiger partial charge in [-0.15, -0.1) is 0 Å². The van der Waals surface area contributed by atoms with E-state index in [1.54, 1.807) is 23.6 Å². The Morgan fingerprint density at radius 1 is 1.06 bits per heavy atom. The molecule has 1 N–H and O–H groups in total. The molecule has 0 bridgehead atoms. The van der Waals surface area contributed by atoms with Crippen molar-refractivity contribution in [3.63, 3.8) is 0 Å². The molecule has 0 amide bonds. The number of hydrogen-bond donors (Lipinski definition) is 1. The Labute approximate surface area is 289 Å². The summed E-state index contributed by atoms with van der Waals surface area (Å²) in [7, 11) is 1.36. The fourth-order valence-corrected chi connectivity index (χ4v) is 6.58. The van der Waals surface area contributed by atoms with E-state index in [-0.39, 0.29) is 16.9 Å². The topological polar surface area (TPSA) is 98.4 Å². The van der Waals surface area contributed by atoms with Gasteiger partial charge in [0.05, 0.1) is 35.1 Å². The summed E-state index contributed by atoms with van der Waals surface area (Å²) in [4.78, 5) is 20.6. The van der Waals surface area contributed by atoms with E-state index < -0.39 is 23.5 Å². The SMILES string of the molecule is CCCCCCOC1(C)CCN(c2c(C(OC(C)(C)C)C(=O)OC)c(C)nc3cc(-c4cccc(-c5c(O)cc(C)cc5F)c4)nn23)CC1. The molecule has 264 valence electrons. The van der Waals surface area contributed by atoms with E-state index in [4.69, 9.17) is 24.3 Å². The van der Waals surface area contributed by atoms with Crippen molar-refractivity contribution in [2.24, 2.45) is 0 Å². The number of carbonyl (C=O) groups is 1. The number of aryl methyl sites for hydroxylation is 2. The molecule has 1 aliphatic rings. The lowest BCUT2D eigenvalue weighted by molar-refractivity contribution is -0.164. The molecule has 10 heteroatoms. The average molecular weight is 675 g/mol. The number of nitrogens with zero attached hydrogens (tertiary/aromatic N) is 4. The van der Waals surface area contributed by atoms with Crippen molar-refractivity contribution >= 4 is 17.4 Å². The number of aromatic hydroxyl groups is 1. The molecule has 1 fully saturated rings. The van der Waals surface area contributed by atoms with Crippen LogP contribution in [0.4, 0.5) is 10.2 Å². The quantitative estimate of drug-likeness (QED) is 0.118. The van der Waals surface area contributed by atoms with Gasteiger partial charge in [-0.2, -0.15) is 9.61 Å². The summed E-state index contributed by atoms with van der Waals surface area (Å²) in [6.45, 7) is 15.8. The number of piperidine rings is 1. The number of phenolic OH excluding ortho intramolecular Hbond substituents is 1. The van der Waals surface area contributed by atoms with Gasteiger partial charge in [-0.05, 0) is 90.1 Å². The Morgan fingerprint density at radius 2 is 1.78 bits per heavy atom. The number of hydrogen-bond acceptors (Lipinski definition) is 8. The third kappa shape index (κ3) is 8.24. The van der Waals surface area contributed by atoms with Gasteiger partial charge in [0, 0.05) is 37.0 Å². The smallest absolute Gasteiger partial charge is 0.339 e. The molecule has 0 aliphatic carbocycles. The highest BCUT2D eigenvalue weighted by Gasteiger charge is 2.38. The van der Waals surface area contributed by atoms with Gasteiger partial charge in [0.2, 0.25) is 0 Å². The number of phenols is 1. The third-order valence-corrected chi connectivity index (χ3v) is 9.18. The normalized spacial score (nSPS) is 15.5. The van der Waals surface area contributed by atoms with Gasteiger partial charge in [0.15, 0.2) is 11.8 Å². The summed E-state index contributed by atoms with van der Waals surface area (Å²) in [5.41, 5.74) is 3.58. The molecule has 1 unspecified atom stereocenters. The fraction of sp³-hybridized carbons (Fsp3) is 0.513. The minimum atomic E-state index is -1.04. The standard InChI is InChI=1S/C39H51FN4O5/c1-9-10-11-12-20-48-39(7)16-18-43(19-17-39)36-33(35(37(46)47-8)49-38(4,5)6)26(3)41-32-24-30(42-44(32)36)27-14-13-15-28(23-27)34-29(40)21-25(2)22-31(34)45/h13-15,21-24,35,45H,9-12,16-20H2,1-8H3. The third-order valence-electron chi connectivity index (χ3n) is 9.18. The molecule has 1 aliphatic heterocycles. The van der Waals surface area contributed by atoms with Crippen molar-refractivity contribution in [2.75, 3.05) is 31.7 Å². The van der Waals surface area contributed by atoms with E-state index in [1.165, 1.54) is 32.4 Å². The molecule has 1 saturated heterocycles. The molecule has 49 heavy (non-hydrogen) atoms. The number of esters is 1. The molecule has 5 rings (SSSR count). The van der Waals surface area contributed by atoms with Crippen LogP contribution in [0.1, 0.15) is 96.1 Å². The Hall–Kier alpha value is -4.02. The molecular weight excluding hydrogens is 623 g/mol. The number of unbranched alkanes of at least 4 members (excludes halogenated alkanes) is 3. The molecule has 2 aromatic carbocycles. The minimum absolute atomic E-state index is 0.122. The average Bonchev–Trinajstić information content (AvgIpc) is 3.46. The Balaban J connectivity index is 1.59. The van der Waals surface area contributed by atoms with E-state index in [9.17, 15) is 9.90 Å². The molecule has 4 aromatic rings. The van der Waals surface area contributed by atoms with Crippen molar-refractivity contribution < 1.29 is 28.5 Å². The van der Waals surface area contributed by atoms with Gasteiger partial charge < -0.3 is 24.2 Å². The Morgan fingerprint density at radius 3 is 2.43 bits per heavy atom. The van der Waals surface area contributed by atoms with Crippen LogP contribution in [0.15, 0.2) is 42.5 Å². The second kappa shape index (κ2) is 14.8. The van der Waals surface area contributed by atoms with E-state index in [2.05, 4.69) is 18.7 Å². The number of methoxy groups -OCH3 is 1. The molecule has 1 atom stereocenters. The van der Waals surface area contributed by atoms with E-state index in [1.807, 2.05) is 52.0 Å². The largest absolute Gasteiger partial charge is 0.507 e. The first-order chi connectivity index (χ1) is 23.2. The summed E-state index contributed by atoms with van der Waals surface area (Å²) < 4.78 is 34.9. The maximum absolute atomic E-state index is 15.1. The molecular formula is C39H51FN4O5. The lowest BCUT2D eigenvalue weighted by Gasteiger charge is -2.41. The van der Waals surface area contributed by atoms with Crippen LogP contribution >= 0.6 is 0 Å². The lowest BCUT2D eigenvalue weighted by atomic mass is 9.92. The number of carbonyl (C=O) groups excluding carboxylic acids is 1. The number of rotatable bonds is 12. The maximum Gasteiger partial charge on any atom is 0.339 e. The predicted molar refractivity (Wildman–Crippen MR) is 190 cm³/mol. The van der Waals surface area contributed by atoms with Crippen molar-refractivity contribution in [1.29, 1.82) is 0 Å². The van der Waals surface area contributed by atoms with Crippen molar-refractivity contribution in [3.05, 3.63) is 65.1 Å². The zero-order valence-electron chi connectivity index (χ0n) is 30.2. The second-order valence-corrected chi connectivity index (χ2v) is 14.4. The van der Waals surface area contributed by atoms with Gasteiger partial charge >= 0.3 is 5.97 Å². The number of halogens is 1. The second-order valence-electron chi connectivity index (χ2n) is 14.4. The maximum atomic E-state index is 15.1. The van der Waals surface area contributed by atoms with Crippen LogP contribution in [0.3, 0.4) is 0 Å². The summed E-state index contributed by atoms with van der Waals surface area (Å²) >= 11 is 0. The van der Waals surface area contributed by atoms with Crippen LogP contribution in [-0.2, 0) is 19.0 Å². The summed E-state index contributed by atoms with van der Waals surface area (Å²) in [6.07, 6.45) is 5.19. The number of ether oxygens (including phenoxy) is 3. The highest BCUT2D eigenvalue weighted by molar-refractivity contribution is 5.81. The monoisotopic (exact) mass is 674 g/mol. The van der Waals surface area contributed by atoms with Crippen molar-refractivity contribution in [3.8, 4) is 28.1 Å². The first-order valence-electron chi connectivity index (χ1n) is 17.4. The highest BCUT2D eigenvalue weighted by atomic mass is 19.1. The number of anilines is 1. The fourth-order valence-electron chi connectivity index (χ4n) is 6.58. The van der Waals surface area contributed by atoms with Gasteiger partial charge in [0.1, 0.15) is 17.4 Å². The number of benzene rings is 2. The summed E-state index contributed by atoms with van der Waals surface area (Å²) in [5.74, 6) is -0.415. The van der Waals surface area contributed by atoms with Crippen LogP contribution in [0.2, 0.25) is 0 Å². The first-order valence-corrected chi connectivity index (χ1v) is 17.4. The van der Waals surface area contributed by atoms with Gasteiger partial charge in [-0.1, -0.05) is 44.4 Å². The molecule has 3 heterocycles. The van der Waals surface area contributed by atoms with Gasteiger partial charge in [0.25, 0.3) is 0 Å². The van der Waals surface area contributed by atoms with Crippen LogP contribution in [-0.4, -0.2) is 63.7 Å². The lowest BCUT2D eigenvalue weighted by Crippen LogP contribution is -2.46. The van der Waals surface area contributed by atoms with E-state index in [0.717, 1.165) is 37.3 Å². The molecule has 0 saturated carbocycles. The van der Waals surface area contributed by atoms with Crippen LogP contribution in [0.5, 0.6) is 5.75 Å². The van der Waals surface area contributed by atoms with Crippen LogP contribution in [0, 0.1) is 19.7 Å². The van der Waals surface area contributed by atoms with E-state index >= 15 is 4.39 Å². The zero-order valence-corrected chi connectivity index (χ0v) is 30.2. The summed E-state index contributed by atoms with van der Waals surface area (Å²) in [5, 5.41) is 15.7.